The maximum Gasteiger partial charge on any atom is 0.416 e. The minimum atomic E-state index is -4.45. The van der Waals surface area contributed by atoms with Crippen LogP contribution in [-0.2, 0) is 17.4 Å². The molecule has 0 spiro atoms. The SMILES string of the molecule is Cc1cc(C)cc(NC(=O)CCc2nnc(-c3cccc(C(F)(F)F)c3)o2)c1. The fraction of sp³-hybridized carbons (Fsp3) is 0.250. The fourth-order valence-electron chi connectivity index (χ4n) is 2.79. The number of anilines is 1. The lowest BCUT2D eigenvalue weighted by Crippen LogP contribution is -2.12. The number of nitrogens with zero attached hydrogens (tertiary/aromatic N) is 2. The van der Waals surface area contributed by atoms with Crippen molar-refractivity contribution in [2.45, 2.75) is 32.9 Å². The number of nitrogens with one attached hydrogen (secondary N) is 1. The second-order valence-electron chi connectivity index (χ2n) is 6.50. The first-order valence-corrected chi connectivity index (χ1v) is 8.59. The molecule has 0 aliphatic carbocycles. The fourth-order valence-corrected chi connectivity index (χ4v) is 2.79. The molecule has 5 nitrogen and oxygen atoms in total. The zero-order valence-electron chi connectivity index (χ0n) is 15.3. The number of benzene rings is 2. The highest BCUT2D eigenvalue weighted by atomic mass is 19.4. The third kappa shape index (κ3) is 4.97. The average molecular weight is 389 g/mol. The van der Waals surface area contributed by atoms with Crippen LogP contribution in [0.4, 0.5) is 18.9 Å². The summed E-state index contributed by atoms with van der Waals surface area (Å²) < 4.78 is 43.9. The van der Waals surface area contributed by atoms with E-state index in [4.69, 9.17) is 4.42 Å². The summed E-state index contributed by atoms with van der Waals surface area (Å²) in [6, 6.07) is 10.4. The highest BCUT2D eigenvalue weighted by molar-refractivity contribution is 5.90. The predicted octanol–water partition coefficient (Wildman–Crippen LogP) is 4.94. The summed E-state index contributed by atoms with van der Waals surface area (Å²) in [4.78, 5) is 12.1. The Bertz CT molecular complexity index is 976. The molecular formula is C20H18F3N3O2. The molecule has 0 unspecified atom stereocenters. The molecule has 0 aliphatic rings. The Morgan fingerprint density at radius 2 is 1.79 bits per heavy atom. The van der Waals surface area contributed by atoms with E-state index in [1.807, 2.05) is 32.0 Å². The van der Waals surface area contributed by atoms with Crippen molar-refractivity contribution in [3.8, 4) is 11.5 Å². The van der Waals surface area contributed by atoms with Crippen molar-refractivity contribution in [1.82, 2.24) is 10.2 Å². The number of carbonyl (C=O) groups is 1. The van der Waals surface area contributed by atoms with Crippen LogP contribution >= 0.6 is 0 Å². The second kappa shape index (κ2) is 7.84. The van der Waals surface area contributed by atoms with Crippen molar-refractivity contribution in [2.24, 2.45) is 0 Å². The van der Waals surface area contributed by atoms with E-state index in [0.29, 0.717) is 5.69 Å². The van der Waals surface area contributed by atoms with Gasteiger partial charge in [-0.25, -0.2) is 0 Å². The quantitative estimate of drug-likeness (QED) is 0.671. The van der Waals surface area contributed by atoms with Crippen LogP contribution < -0.4 is 5.32 Å². The molecule has 0 fully saturated rings. The standard InChI is InChI=1S/C20H18F3N3O2/c1-12-8-13(2)10-16(9-12)24-17(27)6-7-18-25-26-19(28-18)14-4-3-5-15(11-14)20(21,22)23/h3-5,8-11H,6-7H2,1-2H3,(H,24,27). The van der Waals surface area contributed by atoms with Gasteiger partial charge in [-0.15, -0.1) is 10.2 Å². The average Bonchev–Trinajstić information content (AvgIpc) is 3.07. The van der Waals surface area contributed by atoms with Crippen molar-refractivity contribution < 1.29 is 22.4 Å². The third-order valence-corrected chi connectivity index (χ3v) is 3.98. The van der Waals surface area contributed by atoms with Crippen LogP contribution in [0.25, 0.3) is 11.5 Å². The maximum absolute atomic E-state index is 12.8. The minimum absolute atomic E-state index is 0.0178. The molecule has 2 aromatic carbocycles. The summed E-state index contributed by atoms with van der Waals surface area (Å²) in [5.74, 6) is -0.0531. The van der Waals surface area contributed by atoms with E-state index >= 15 is 0 Å². The van der Waals surface area contributed by atoms with Gasteiger partial charge in [0.15, 0.2) is 0 Å². The molecule has 0 radical (unpaired) electrons. The third-order valence-electron chi connectivity index (χ3n) is 3.98. The van der Waals surface area contributed by atoms with Gasteiger partial charge in [-0.05, 0) is 55.3 Å². The van der Waals surface area contributed by atoms with Crippen molar-refractivity contribution in [1.29, 1.82) is 0 Å². The molecule has 0 saturated heterocycles. The number of aromatic nitrogens is 2. The van der Waals surface area contributed by atoms with Gasteiger partial charge in [0.25, 0.3) is 0 Å². The van der Waals surface area contributed by atoms with E-state index in [1.54, 1.807) is 0 Å². The topological polar surface area (TPSA) is 68.0 Å². The zero-order chi connectivity index (χ0) is 20.3. The molecule has 0 atom stereocenters. The summed E-state index contributed by atoms with van der Waals surface area (Å²) >= 11 is 0. The van der Waals surface area contributed by atoms with Gasteiger partial charge in [-0.3, -0.25) is 4.79 Å². The minimum Gasteiger partial charge on any atom is -0.421 e. The molecule has 1 aromatic heterocycles. The zero-order valence-corrected chi connectivity index (χ0v) is 15.3. The lowest BCUT2D eigenvalue weighted by Gasteiger charge is -2.07. The van der Waals surface area contributed by atoms with Crippen molar-refractivity contribution in [3.05, 3.63) is 65.0 Å². The largest absolute Gasteiger partial charge is 0.421 e. The molecular weight excluding hydrogens is 371 g/mol. The number of aryl methyl sites for hydroxylation is 3. The van der Waals surface area contributed by atoms with E-state index in [2.05, 4.69) is 15.5 Å². The van der Waals surface area contributed by atoms with Gasteiger partial charge in [0.05, 0.1) is 5.56 Å². The Hall–Kier alpha value is -3.16. The molecule has 1 amide bonds. The highest BCUT2D eigenvalue weighted by Crippen LogP contribution is 2.31. The Kier molecular flexibility index (Phi) is 5.48. The molecule has 1 heterocycles. The summed E-state index contributed by atoms with van der Waals surface area (Å²) in [7, 11) is 0. The molecule has 3 rings (SSSR count). The smallest absolute Gasteiger partial charge is 0.416 e. The van der Waals surface area contributed by atoms with Gasteiger partial charge in [-0.1, -0.05) is 12.1 Å². The van der Waals surface area contributed by atoms with Gasteiger partial charge in [0, 0.05) is 24.1 Å². The van der Waals surface area contributed by atoms with Crippen LogP contribution in [0.5, 0.6) is 0 Å². The number of halogens is 3. The number of hydrogen-bond acceptors (Lipinski definition) is 4. The number of amides is 1. The molecule has 3 aromatic rings. The number of alkyl halides is 3. The van der Waals surface area contributed by atoms with Crippen LogP contribution in [0.15, 0.2) is 46.9 Å². The van der Waals surface area contributed by atoms with E-state index in [0.717, 1.165) is 23.3 Å². The van der Waals surface area contributed by atoms with Gasteiger partial charge in [-0.2, -0.15) is 13.2 Å². The van der Waals surface area contributed by atoms with Crippen molar-refractivity contribution in [3.63, 3.8) is 0 Å². The molecule has 146 valence electrons. The van der Waals surface area contributed by atoms with Gasteiger partial charge in [0.1, 0.15) is 0 Å². The van der Waals surface area contributed by atoms with Crippen LogP contribution in [0.1, 0.15) is 29.0 Å². The van der Waals surface area contributed by atoms with Crippen LogP contribution in [-0.4, -0.2) is 16.1 Å². The first-order valence-electron chi connectivity index (χ1n) is 8.59. The Morgan fingerprint density at radius 3 is 2.46 bits per heavy atom. The molecule has 1 N–H and O–H groups in total. The number of hydrogen-bond donors (Lipinski definition) is 1. The Balaban J connectivity index is 1.63. The van der Waals surface area contributed by atoms with Crippen molar-refractivity contribution >= 4 is 11.6 Å². The first kappa shape index (κ1) is 19.6. The summed E-state index contributed by atoms with van der Waals surface area (Å²) in [5.41, 5.74) is 2.17. The van der Waals surface area contributed by atoms with E-state index in [1.165, 1.54) is 12.1 Å². The summed E-state index contributed by atoms with van der Waals surface area (Å²) in [5, 5.41) is 10.4. The molecule has 0 bridgehead atoms. The number of carbonyl (C=O) groups excluding carboxylic acids is 1. The molecule has 28 heavy (non-hydrogen) atoms. The molecule has 0 saturated carbocycles. The summed E-state index contributed by atoms with van der Waals surface area (Å²) in [6.45, 7) is 3.88. The van der Waals surface area contributed by atoms with Gasteiger partial charge < -0.3 is 9.73 Å². The molecule has 8 heteroatoms. The normalized spacial score (nSPS) is 11.5. The van der Waals surface area contributed by atoms with Gasteiger partial charge >= 0.3 is 6.18 Å². The van der Waals surface area contributed by atoms with E-state index < -0.39 is 11.7 Å². The lowest BCUT2D eigenvalue weighted by atomic mass is 10.1. The highest BCUT2D eigenvalue weighted by Gasteiger charge is 2.30. The van der Waals surface area contributed by atoms with Crippen LogP contribution in [0.2, 0.25) is 0 Å². The van der Waals surface area contributed by atoms with E-state index in [-0.39, 0.29) is 36.1 Å². The Morgan fingerprint density at radius 1 is 1.07 bits per heavy atom. The number of rotatable bonds is 5. The van der Waals surface area contributed by atoms with E-state index in [9.17, 15) is 18.0 Å². The van der Waals surface area contributed by atoms with Crippen LogP contribution in [0.3, 0.4) is 0 Å². The maximum atomic E-state index is 12.8. The second-order valence-corrected chi connectivity index (χ2v) is 6.50. The lowest BCUT2D eigenvalue weighted by molar-refractivity contribution is -0.137. The predicted molar refractivity (Wildman–Crippen MR) is 97.6 cm³/mol. The Labute approximate surface area is 159 Å². The monoisotopic (exact) mass is 389 g/mol. The first-order chi connectivity index (χ1) is 13.2. The van der Waals surface area contributed by atoms with Gasteiger partial charge in [0.2, 0.25) is 17.7 Å². The van der Waals surface area contributed by atoms with Crippen molar-refractivity contribution in [2.75, 3.05) is 5.32 Å². The molecule has 0 aliphatic heterocycles. The van der Waals surface area contributed by atoms with Crippen LogP contribution in [0, 0.1) is 13.8 Å². The summed E-state index contributed by atoms with van der Waals surface area (Å²) in [6.07, 6.45) is -4.16.